The van der Waals surface area contributed by atoms with E-state index in [4.69, 9.17) is 42.6 Å². The molecule has 0 unspecified atom stereocenters. The molecule has 0 aliphatic carbocycles. The molecule has 0 saturated carbocycles. The lowest BCUT2D eigenvalue weighted by Crippen LogP contribution is -2.63. The van der Waals surface area contributed by atoms with Gasteiger partial charge in [-0.1, -0.05) is 0 Å². The molecule has 328 valence electrons. The number of rotatable bonds is 13. The highest BCUT2D eigenvalue weighted by molar-refractivity contribution is 4.95. The first-order valence-corrected chi connectivity index (χ1v) is 17.6. The van der Waals surface area contributed by atoms with Gasteiger partial charge in [0.05, 0.1) is 33.0 Å². The minimum absolute atomic E-state index is 0.669. The van der Waals surface area contributed by atoms with Crippen molar-refractivity contribution in [1.82, 2.24) is 0 Å². The first kappa shape index (κ1) is 46.0. The second kappa shape index (κ2) is 19.6. The highest BCUT2D eigenvalue weighted by atomic mass is 16.8. The van der Waals surface area contributed by atoms with E-state index < -0.39 is 187 Å². The lowest BCUT2D eigenvalue weighted by Gasteiger charge is -2.44. The molecule has 0 aromatic carbocycles. The van der Waals surface area contributed by atoms with Crippen LogP contribution in [0.25, 0.3) is 0 Å². The molecule has 0 amide bonds. The van der Waals surface area contributed by atoms with Crippen LogP contribution in [0.15, 0.2) is 0 Å². The van der Waals surface area contributed by atoms with Crippen molar-refractivity contribution in [1.29, 1.82) is 0 Å². The third-order valence-corrected chi connectivity index (χ3v) is 10.2. The van der Waals surface area contributed by atoms with Crippen LogP contribution in [0.3, 0.4) is 0 Å². The Bertz CT molecular complexity index is 1210. The van der Waals surface area contributed by atoms with Gasteiger partial charge in [-0.2, -0.15) is 0 Å². The fourth-order valence-corrected chi connectivity index (χ4v) is 6.61. The van der Waals surface area contributed by atoms with Crippen molar-refractivity contribution in [2.75, 3.05) is 33.0 Å². The van der Waals surface area contributed by atoms with Gasteiger partial charge in [-0.05, 0) is 0 Å². The van der Waals surface area contributed by atoms with Gasteiger partial charge in [-0.3, -0.25) is 0 Å². The zero-order chi connectivity index (χ0) is 41.3. The molecule has 26 heteroatoms. The predicted octanol–water partition coefficient (Wildman–Crippen LogP) is -11.9. The average molecular weight is 829 g/mol. The Hall–Kier alpha value is -1.04. The number of hydrogen-bond donors (Lipinski definition) is 17. The molecule has 5 fully saturated rings. The summed E-state index contributed by atoms with van der Waals surface area (Å²) in [5.74, 6) is 0. The summed E-state index contributed by atoms with van der Waals surface area (Å²) in [6.07, 6.45) is -44.0. The Morgan fingerprint density at radius 1 is 0.268 bits per heavy atom. The summed E-state index contributed by atoms with van der Waals surface area (Å²) in [6.45, 7) is -3.57. The van der Waals surface area contributed by atoms with E-state index in [0.29, 0.717) is 0 Å². The Labute approximate surface area is 316 Å². The lowest BCUT2D eigenvalue weighted by atomic mass is 9.97. The molecule has 0 radical (unpaired) electrons. The van der Waals surface area contributed by atoms with Crippen LogP contribution in [0.1, 0.15) is 0 Å². The number of hydrogen-bond acceptors (Lipinski definition) is 26. The normalized spacial score (nSPS) is 53.2. The van der Waals surface area contributed by atoms with Crippen molar-refractivity contribution in [3.05, 3.63) is 0 Å². The largest absolute Gasteiger partial charge is 0.394 e. The maximum absolute atomic E-state index is 10.6. The van der Waals surface area contributed by atoms with Gasteiger partial charge in [0.25, 0.3) is 0 Å². The summed E-state index contributed by atoms with van der Waals surface area (Å²) >= 11 is 0. The van der Waals surface area contributed by atoms with E-state index in [2.05, 4.69) is 0 Å². The van der Waals surface area contributed by atoms with E-state index in [0.717, 1.165) is 0 Å². The molecular formula is C30H52O26. The molecule has 5 saturated heterocycles. The summed E-state index contributed by atoms with van der Waals surface area (Å²) in [5, 5.41) is 173. The maximum atomic E-state index is 10.6. The van der Waals surface area contributed by atoms with Gasteiger partial charge < -0.3 is 129 Å². The second-order valence-electron chi connectivity index (χ2n) is 14.1. The molecule has 5 aliphatic heterocycles. The molecule has 26 nitrogen and oxygen atoms in total. The summed E-state index contributed by atoms with van der Waals surface area (Å²) in [6, 6.07) is 0. The van der Waals surface area contributed by atoms with Gasteiger partial charge >= 0.3 is 0 Å². The lowest BCUT2D eigenvalue weighted by molar-refractivity contribution is -0.350. The topological polar surface area (TPSA) is 427 Å². The summed E-state index contributed by atoms with van der Waals surface area (Å²) in [4.78, 5) is 0. The van der Waals surface area contributed by atoms with Gasteiger partial charge in [0.2, 0.25) is 0 Å². The second-order valence-corrected chi connectivity index (χ2v) is 14.1. The Morgan fingerprint density at radius 3 is 0.786 bits per heavy atom. The number of ether oxygens (including phenoxy) is 9. The molecule has 56 heavy (non-hydrogen) atoms. The average Bonchev–Trinajstić information content (AvgIpc) is 3.18. The van der Waals surface area contributed by atoms with Crippen LogP contribution in [0.5, 0.6) is 0 Å². The van der Waals surface area contributed by atoms with E-state index in [9.17, 15) is 86.8 Å². The number of aliphatic hydroxyl groups excluding tert-OH is 17. The van der Waals surface area contributed by atoms with E-state index in [-0.39, 0.29) is 0 Å². The van der Waals surface area contributed by atoms with Crippen molar-refractivity contribution < 1.29 is 129 Å². The van der Waals surface area contributed by atoms with Crippen molar-refractivity contribution in [2.24, 2.45) is 0 Å². The summed E-state index contributed by atoms with van der Waals surface area (Å²) in [7, 11) is 0. The first-order valence-electron chi connectivity index (χ1n) is 17.6. The summed E-state index contributed by atoms with van der Waals surface area (Å²) < 4.78 is 48.5. The standard InChI is InChI=1S/C30H52O26/c31-1-6-11(32)17(38)22(43)27(53-6)49-3-8-13(34)19(40)24(45)29(55-8)51-5-10-15(36)20(41)25(46)30(56-10)50-4-9-14(35)18(39)23(44)28(54-9)48-2-7-12(33)16(37)21(42)26(47)52-7/h6-47H,1-5H2/t6-,7-,8-,9-,10-,11+,12+,13+,14+,15+,16+,17+,18+,19+,20+,21-,22-,23-,24-,25-,26+,27+,28+,29+,30+/m1/s1. The predicted molar refractivity (Wildman–Crippen MR) is 167 cm³/mol. The first-order chi connectivity index (χ1) is 26.4. The quantitative estimate of drug-likeness (QED) is 0.0819. The smallest absolute Gasteiger partial charge is 0.186 e. The number of aliphatic hydroxyl groups is 17. The van der Waals surface area contributed by atoms with E-state index in [1.165, 1.54) is 0 Å². The van der Waals surface area contributed by atoms with E-state index in [1.807, 2.05) is 0 Å². The molecule has 0 bridgehead atoms. The van der Waals surface area contributed by atoms with Crippen LogP contribution < -0.4 is 0 Å². The van der Waals surface area contributed by atoms with Crippen LogP contribution in [-0.2, 0) is 42.6 Å². The molecule has 0 spiro atoms. The molecule has 5 rings (SSSR count). The molecule has 0 aromatic rings. The van der Waals surface area contributed by atoms with Gasteiger partial charge in [0, 0.05) is 0 Å². The van der Waals surface area contributed by atoms with Gasteiger partial charge in [0.1, 0.15) is 122 Å². The third-order valence-electron chi connectivity index (χ3n) is 10.2. The van der Waals surface area contributed by atoms with Crippen molar-refractivity contribution in [3.63, 3.8) is 0 Å². The van der Waals surface area contributed by atoms with Crippen LogP contribution in [-0.4, -0.2) is 273 Å². The minimum Gasteiger partial charge on any atom is -0.394 e. The van der Waals surface area contributed by atoms with Gasteiger partial charge in [0.15, 0.2) is 31.5 Å². The minimum atomic E-state index is -1.96. The SMILES string of the molecule is OC[C@H]1O[C@H](OC[C@H]2O[C@H](OC[C@H]3O[C@H](OC[C@H]4O[C@H](OC[C@H]5O[C@H](O)[C@H](O)[C@@H](O)[C@H]5O)[C@H](O)[C@@H](O)[C@H]4O)[C@H](O)[C@@H](O)[C@H]3O)[C@H](O)[C@@H](O)[C@H]2O)[C@H](O)[C@@H](O)[C@H]1O. The van der Waals surface area contributed by atoms with E-state index >= 15 is 0 Å². The Morgan fingerprint density at radius 2 is 0.500 bits per heavy atom. The van der Waals surface area contributed by atoms with Gasteiger partial charge in [-0.25, -0.2) is 0 Å². The Kier molecular flexibility index (Phi) is 16.1. The zero-order valence-electron chi connectivity index (χ0n) is 29.2. The van der Waals surface area contributed by atoms with Crippen LogP contribution in [0, 0.1) is 0 Å². The van der Waals surface area contributed by atoms with Crippen LogP contribution in [0.4, 0.5) is 0 Å². The Balaban J connectivity index is 1.15. The van der Waals surface area contributed by atoms with Crippen LogP contribution >= 0.6 is 0 Å². The molecule has 17 N–H and O–H groups in total. The van der Waals surface area contributed by atoms with Crippen molar-refractivity contribution in [3.8, 4) is 0 Å². The fraction of sp³-hybridized carbons (Fsp3) is 1.00. The maximum Gasteiger partial charge on any atom is 0.186 e. The van der Waals surface area contributed by atoms with Crippen molar-refractivity contribution in [2.45, 2.75) is 154 Å². The molecule has 5 heterocycles. The monoisotopic (exact) mass is 828 g/mol. The third kappa shape index (κ3) is 9.77. The fourth-order valence-electron chi connectivity index (χ4n) is 6.61. The summed E-state index contributed by atoms with van der Waals surface area (Å²) in [5.41, 5.74) is 0. The van der Waals surface area contributed by atoms with E-state index in [1.54, 1.807) is 0 Å². The zero-order valence-corrected chi connectivity index (χ0v) is 29.2. The van der Waals surface area contributed by atoms with Gasteiger partial charge in [-0.15, -0.1) is 0 Å². The highest BCUT2D eigenvalue weighted by Crippen LogP contribution is 2.30. The van der Waals surface area contributed by atoms with Crippen LogP contribution in [0.2, 0.25) is 0 Å². The molecule has 0 aromatic heterocycles. The molecule has 5 aliphatic rings. The molecule has 25 atom stereocenters. The highest BCUT2D eigenvalue weighted by Gasteiger charge is 2.51. The van der Waals surface area contributed by atoms with Crippen molar-refractivity contribution >= 4 is 0 Å². The molecular weight excluding hydrogens is 776 g/mol.